The predicted molar refractivity (Wildman–Crippen MR) is 108 cm³/mol. The number of sulfone groups is 1. The Morgan fingerprint density at radius 2 is 1.96 bits per heavy atom. The van der Waals surface area contributed by atoms with Gasteiger partial charge in [-0.2, -0.15) is 5.10 Å². The molecule has 2 aromatic rings. The van der Waals surface area contributed by atoms with E-state index in [0.29, 0.717) is 43.1 Å². The van der Waals surface area contributed by atoms with Crippen molar-refractivity contribution in [3.05, 3.63) is 36.0 Å². The average molecular weight is 406 g/mol. The van der Waals surface area contributed by atoms with Crippen molar-refractivity contribution in [2.75, 3.05) is 26.0 Å². The van der Waals surface area contributed by atoms with Crippen LogP contribution < -0.4 is 4.74 Å². The molecule has 0 unspecified atom stereocenters. The van der Waals surface area contributed by atoms with Crippen LogP contribution >= 0.6 is 0 Å². The number of rotatable bonds is 6. The van der Waals surface area contributed by atoms with Crippen LogP contribution in [0.4, 0.5) is 0 Å². The molecule has 0 aliphatic carbocycles. The van der Waals surface area contributed by atoms with E-state index in [1.54, 1.807) is 18.1 Å². The first kappa shape index (κ1) is 20.4. The second-order valence-electron chi connectivity index (χ2n) is 7.58. The van der Waals surface area contributed by atoms with E-state index in [9.17, 15) is 13.2 Å². The molecule has 1 fully saturated rings. The molecule has 28 heavy (non-hydrogen) atoms. The van der Waals surface area contributed by atoms with Crippen molar-refractivity contribution in [3.8, 4) is 17.0 Å². The largest absolute Gasteiger partial charge is 0.496 e. The van der Waals surface area contributed by atoms with Gasteiger partial charge in [-0.05, 0) is 37.0 Å². The molecule has 1 aliphatic rings. The van der Waals surface area contributed by atoms with Gasteiger partial charge in [-0.15, -0.1) is 0 Å². The van der Waals surface area contributed by atoms with Gasteiger partial charge in [-0.25, -0.2) is 8.42 Å². The summed E-state index contributed by atoms with van der Waals surface area (Å²) in [7, 11) is -1.52. The molecule has 1 aromatic heterocycles. The number of carbonyl (C=O) groups is 1. The molecule has 8 heteroatoms. The molecule has 0 atom stereocenters. The third kappa shape index (κ3) is 4.38. The number of amides is 1. The van der Waals surface area contributed by atoms with E-state index in [2.05, 4.69) is 10.2 Å². The maximum atomic E-state index is 12.8. The van der Waals surface area contributed by atoms with Crippen molar-refractivity contribution in [2.24, 2.45) is 5.92 Å². The lowest BCUT2D eigenvalue weighted by atomic mass is 10.1. The Morgan fingerprint density at radius 3 is 2.61 bits per heavy atom. The highest BCUT2D eigenvalue weighted by atomic mass is 32.2. The molecule has 0 saturated carbocycles. The number of hydrogen-bond acceptors (Lipinski definition) is 5. The molecule has 152 valence electrons. The molecule has 7 nitrogen and oxygen atoms in total. The molecule has 1 amide bonds. The van der Waals surface area contributed by atoms with Crippen LogP contribution in [-0.4, -0.2) is 60.6 Å². The van der Waals surface area contributed by atoms with Crippen molar-refractivity contribution in [1.82, 2.24) is 15.1 Å². The highest BCUT2D eigenvalue weighted by Gasteiger charge is 2.32. The van der Waals surface area contributed by atoms with Gasteiger partial charge in [0.1, 0.15) is 11.4 Å². The zero-order chi connectivity index (χ0) is 20.3. The Morgan fingerprint density at radius 1 is 1.29 bits per heavy atom. The van der Waals surface area contributed by atoms with Crippen molar-refractivity contribution in [2.45, 2.75) is 31.9 Å². The predicted octanol–water partition coefficient (Wildman–Crippen LogP) is 2.76. The van der Waals surface area contributed by atoms with Crippen LogP contribution in [0.5, 0.6) is 5.75 Å². The van der Waals surface area contributed by atoms with Crippen molar-refractivity contribution in [1.29, 1.82) is 0 Å². The number of H-pyrrole nitrogens is 1. The number of hydrogen-bond donors (Lipinski definition) is 1. The quantitative estimate of drug-likeness (QED) is 0.798. The van der Waals surface area contributed by atoms with Gasteiger partial charge in [0.15, 0.2) is 9.84 Å². The first-order valence-corrected chi connectivity index (χ1v) is 11.2. The molecule has 0 spiro atoms. The zero-order valence-electron chi connectivity index (χ0n) is 16.5. The van der Waals surface area contributed by atoms with Gasteiger partial charge in [0.25, 0.3) is 5.91 Å². The number of aromatic nitrogens is 2. The minimum atomic E-state index is -3.11. The van der Waals surface area contributed by atoms with Gasteiger partial charge in [0, 0.05) is 18.7 Å². The van der Waals surface area contributed by atoms with Crippen LogP contribution in [0.3, 0.4) is 0 Å². The lowest BCUT2D eigenvalue weighted by molar-refractivity contribution is 0.0719. The molecule has 2 heterocycles. The van der Waals surface area contributed by atoms with Gasteiger partial charge in [-0.3, -0.25) is 9.89 Å². The zero-order valence-corrected chi connectivity index (χ0v) is 17.3. The Labute approximate surface area is 166 Å². The van der Waals surface area contributed by atoms with E-state index in [0.717, 1.165) is 5.56 Å². The third-order valence-electron chi connectivity index (χ3n) is 4.99. The molecule has 0 bridgehead atoms. The number of aromatic amines is 1. The lowest BCUT2D eigenvalue weighted by Crippen LogP contribution is -2.43. The van der Waals surface area contributed by atoms with Gasteiger partial charge in [-0.1, -0.05) is 26.0 Å². The van der Waals surface area contributed by atoms with Crippen molar-refractivity contribution >= 4 is 15.7 Å². The second-order valence-corrected chi connectivity index (χ2v) is 9.91. The SMILES string of the molecule is COc1ccccc1-c1cc(C(=O)N2CCC(S(=O)(=O)CC(C)C)CC2)[nH]n1. The number of likely N-dealkylation sites (tertiary alicyclic amines) is 1. The van der Waals surface area contributed by atoms with Crippen molar-refractivity contribution < 1.29 is 17.9 Å². The normalized spacial score (nSPS) is 15.8. The van der Waals surface area contributed by atoms with Crippen LogP contribution in [-0.2, 0) is 9.84 Å². The van der Waals surface area contributed by atoms with Gasteiger partial charge >= 0.3 is 0 Å². The van der Waals surface area contributed by atoms with Crippen LogP contribution in [0.25, 0.3) is 11.3 Å². The lowest BCUT2D eigenvalue weighted by Gasteiger charge is -2.31. The minimum absolute atomic E-state index is 0.114. The second kappa shape index (κ2) is 8.34. The highest BCUT2D eigenvalue weighted by molar-refractivity contribution is 7.92. The Kier molecular flexibility index (Phi) is 6.07. The first-order valence-electron chi connectivity index (χ1n) is 9.51. The van der Waals surface area contributed by atoms with E-state index < -0.39 is 9.84 Å². The summed E-state index contributed by atoms with van der Waals surface area (Å²) < 4.78 is 30.2. The molecule has 3 rings (SSSR count). The summed E-state index contributed by atoms with van der Waals surface area (Å²) in [6.45, 7) is 4.69. The fourth-order valence-corrected chi connectivity index (χ4v) is 5.75. The first-order chi connectivity index (χ1) is 13.3. The molecule has 0 radical (unpaired) electrons. The van der Waals surface area contributed by atoms with E-state index >= 15 is 0 Å². The number of carbonyl (C=O) groups excluding carboxylic acids is 1. The molecular formula is C20H27N3O4S. The van der Waals surface area contributed by atoms with E-state index in [4.69, 9.17) is 4.74 Å². The minimum Gasteiger partial charge on any atom is -0.496 e. The van der Waals surface area contributed by atoms with Crippen LogP contribution in [0.2, 0.25) is 0 Å². The Balaban J connectivity index is 1.67. The van der Waals surface area contributed by atoms with Gasteiger partial charge < -0.3 is 9.64 Å². The Hall–Kier alpha value is -2.35. The summed E-state index contributed by atoms with van der Waals surface area (Å²) in [5.41, 5.74) is 1.83. The maximum Gasteiger partial charge on any atom is 0.271 e. The fraction of sp³-hybridized carbons (Fsp3) is 0.500. The summed E-state index contributed by atoms with van der Waals surface area (Å²) in [6, 6.07) is 9.19. The van der Waals surface area contributed by atoms with Gasteiger partial charge in [0.05, 0.1) is 23.8 Å². The Bertz CT molecular complexity index is 928. The number of para-hydroxylation sites is 1. The van der Waals surface area contributed by atoms with Gasteiger partial charge in [0.2, 0.25) is 0 Å². The van der Waals surface area contributed by atoms with Crippen LogP contribution in [0.1, 0.15) is 37.2 Å². The van der Waals surface area contributed by atoms with E-state index in [-0.39, 0.29) is 22.8 Å². The number of benzene rings is 1. The average Bonchev–Trinajstić information content (AvgIpc) is 3.16. The summed E-state index contributed by atoms with van der Waals surface area (Å²) in [6.07, 6.45) is 0.961. The number of ether oxygens (including phenoxy) is 1. The number of nitrogens with zero attached hydrogens (tertiary/aromatic N) is 2. The third-order valence-corrected chi connectivity index (χ3v) is 7.61. The summed E-state index contributed by atoms with van der Waals surface area (Å²) in [4.78, 5) is 14.5. The molecule has 1 N–H and O–H groups in total. The summed E-state index contributed by atoms with van der Waals surface area (Å²) >= 11 is 0. The molecule has 1 saturated heterocycles. The molecule has 1 aliphatic heterocycles. The monoisotopic (exact) mass is 405 g/mol. The van der Waals surface area contributed by atoms with Crippen LogP contribution in [0, 0.1) is 5.92 Å². The molecular weight excluding hydrogens is 378 g/mol. The highest BCUT2D eigenvalue weighted by Crippen LogP contribution is 2.29. The number of piperidine rings is 1. The smallest absolute Gasteiger partial charge is 0.271 e. The summed E-state index contributed by atoms with van der Waals surface area (Å²) in [5.74, 6) is 0.842. The fourth-order valence-electron chi connectivity index (χ4n) is 3.61. The number of methoxy groups -OCH3 is 1. The summed E-state index contributed by atoms with van der Waals surface area (Å²) in [5, 5.41) is 6.70. The maximum absolute atomic E-state index is 12.8. The molecule has 1 aromatic carbocycles. The van der Waals surface area contributed by atoms with Crippen molar-refractivity contribution in [3.63, 3.8) is 0 Å². The van der Waals surface area contributed by atoms with E-state index in [1.807, 2.05) is 38.1 Å². The topological polar surface area (TPSA) is 92.4 Å². The van der Waals surface area contributed by atoms with Crippen LogP contribution in [0.15, 0.2) is 30.3 Å². The van der Waals surface area contributed by atoms with E-state index in [1.165, 1.54) is 0 Å². The standard InChI is InChI=1S/C20H27N3O4S/c1-14(2)13-28(25,26)15-8-10-23(11-9-15)20(24)18-12-17(21-22-18)16-6-4-5-7-19(16)27-3/h4-7,12,14-15H,8-11,13H2,1-3H3,(H,21,22). The number of nitrogens with one attached hydrogen (secondary N) is 1.